The molecule has 0 atom stereocenters. The van der Waals surface area contributed by atoms with E-state index in [2.05, 4.69) is 5.16 Å². The van der Waals surface area contributed by atoms with Crippen molar-refractivity contribution in [1.82, 2.24) is 5.16 Å². The molecule has 1 aromatic heterocycles. The van der Waals surface area contributed by atoms with Crippen LogP contribution < -0.4 is 5.73 Å². The van der Waals surface area contributed by atoms with Crippen molar-refractivity contribution in [2.75, 3.05) is 11.5 Å². The van der Waals surface area contributed by atoms with E-state index in [0.29, 0.717) is 5.82 Å². The van der Waals surface area contributed by atoms with Crippen LogP contribution in [0.3, 0.4) is 0 Å². The standard InChI is InChI=1S/C6H8N2OS/c7-6-4-1-2-10-3-5(4)9-8-6/h1-3H2,(H2,7,8). The van der Waals surface area contributed by atoms with Crippen molar-refractivity contribution in [3.05, 3.63) is 11.3 Å². The van der Waals surface area contributed by atoms with Gasteiger partial charge in [0.25, 0.3) is 0 Å². The summed E-state index contributed by atoms with van der Waals surface area (Å²) >= 11 is 1.86. The molecule has 0 fully saturated rings. The van der Waals surface area contributed by atoms with E-state index >= 15 is 0 Å². The molecule has 0 amide bonds. The Morgan fingerprint density at radius 3 is 3.30 bits per heavy atom. The lowest BCUT2D eigenvalue weighted by atomic mass is 10.2. The van der Waals surface area contributed by atoms with Gasteiger partial charge in [-0.3, -0.25) is 0 Å². The van der Waals surface area contributed by atoms with Crippen LogP contribution in [0.2, 0.25) is 0 Å². The van der Waals surface area contributed by atoms with Gasteiger partial charge >= 0.3 is 0 Å². The van der Waals surface area contributed by atoms with E-state index in [0.717, 1.165) is 29.3 Å². The topological polar surface area (TPSA) is 52.0 Å². The molecular formula is C6H8N2OS. The Bertz CT molecular complexity index is 246. The number of fused-ring (bicyclic) bond motifs is 1. The van der Waals surface area contributed by atoms with Crippen LogP contribution in [0.1, 0.15) is 11.3 Å². The van der Waals surface area contributed by atoms with Gasteiger partial charge in [-0.1, -0.05) is 5.16 Å². The minimum Gasteiger partial charge on any atom is -0.381 e. The summed E-state index contributed by atoms with van der Waals surface area (Å²) in [7, 11) is 0. The first-order valence-corrected chi connectivity index (χ1v) is 4.34. The van der Waals surface area contributed by atoms with Crippen LogP contribution in [0.4, 0.5) is 5.82 Å². The van der Waals surface area contributed by atoms with Crippen molar-refractivity contribution in [1.29, 1.82) is 0 Å². The minimum absolute atomic E-state index is 0.579. The van der Waals surface area contributed by atoms with Gasteiger partial charge in [0, 0.05) is 5.56 Å². The Balaban J connectivity index is 2.45. The Morgan fingerprint density at radius 2 is 2.50 bits per heavy atom. The Hall–Kier alpha value is -0.640. The van der Waals surface area contributed by atoms with Crippen molar-refractivity contribution in [3.8, 4) is 0 Å². The predicted molar refractivity (Wildman–Crippen MR) is 40.8 cm³/mol. The zero-order chi connectivity index (χ0) is 6.97. The van der Waals surface area contributed by atoms with Crippen molar-refractivity contribution in [2.24, 2.45) is 0 Å². The highest BCUT2D eigenvalue weighted by Gasteiger charge is 2.17. The highest BCUT2D eigenvalue weighted by Crippen LogP contribution is 2.27. The van der Waals surface area contributed by atoms with Crippen LogP contribution in [0.5, 0.6) is 0 Å². The highest BCUT2D eigenvalue weighted by molar-refractivity contribution is 7.98. The number of rotatable bonds is 0. The molecule has 54 valence electrons. The van der Waals surface area contributed by atoms with E-state index in [1.807, 2.05) is 11.8 Å². The van der Waals surface area contributed by atoms with E-state index in [1.54, 1.807) is 0 Å². The number of nitrogens with zero attached hydrogens (tertiary/aromatic N) is 1. The fourth-order valence-electron chi connectivity index (χ4n) is 1.08. The maximum absolute atomic E-state index is 5.55. The minimum atomic E-state index is 0.579. The first-order valence-electron chi connectivity index (χ1n) is 3.18. The fraction of sp³-hybridized carbons (Fsp3) is 0.500. The van der Waals surface area contributed by atoms with Crippen molar-refractivity contribution in [2.45, 2.75) is 12.2 Å². The molecule has 0 bridgehead atoms. The molecule has 0 saturated heterocycles. The van der Waals surface area contributed by atoms with Crippen molar-refractivity contribution in [3.63, 3.8) is 0 Å². The number of aromatic nitrogens is 1. The van der Waals surface area contributed by atoms with E-state index < -0.39 is 0 Å². The molecule has 0 unspecified atom stereocenters. The molecule has 2 rings (SSSR count). The number of anilines is 1. The van der Waals surface area contributed by atoms with Gasteiger partial charge in [-0.15, -0.1) is 0 Å². The molecule has 0 aromatic carbocycles. The van der Waals surface area contributed by atoms with Gasteiger partial charge in [0.1, 0.15) is 0 Å². The van der Waals surface area contributed by atoms with Gasteiger partial charge in [-0.25, -0.2) is 0 Å². The average Bonchev–Trinajstić information content (AvgIpc) is 2.34. The first-order chi connectivity index (χ1) is 4.88. The first kappa shape index (κ1) is 6.09. The number of thioether (sulfide) groups is 1. The molecule has 0 radical (unpaired) electrons. The second-order valence-corrected chi connectivity index (χ2v) is 3.38. The van der Waals surface area contributed by atoms with Crippen LogP contribution in [-0.2, 0) is 12.2 Å². The molecule has 10 heavy (non-hydrogen) atoms. The molecule has 2 heterocycles. The van der Waals surface area contributed by atoms with Gasteiger partial charge in [-0.2, -0.15) is 11.8 Å². The Morgan fingerprint density at radius 1 is 1.60 bits per heavy atom. The summed E-state index contributed by atoms with van der Waals surface area (Å²) in [6.07, 6.45) is 1.01. The van der Waals surface area contributed by atoms with Gasteiger partial charge in [-0.05, 0) is 12.2 Å². The normalized spacial score (nSPS) is 16.8. The van der Waals surface area contributed by atoms with E-state index in [-0.39, 0.29) is 0 Å². The quantitative estimate of drug-likeness (QED) is 0.610. The summed E-state index contributed by atoms with van der Waals surface area (Å²) in [4.78, 5) is 0. The van der Waals surface area contributed by atoms with Crippen molar-refractivity contribution < 1.29 is 4.52 Å². The van der Waals surface area contributed by atoms with E-state index in [4.69, 9.17) is 10.3 Å². The van der Waals surface area contributed by atoms with Crippen LogP contribution in [0.25, 0.3) is 0 Å². The largest absolute Gasteiger partial charge is 0.381 e. The van der Waals surface area contributed by atoms with Gasteiger partial charge in [0.05, 0.1) is 5.75 Å². The lowest BCUT2D eigenvalue weighted by Crippen LogP contribution is -2.01. The number of hydrogen-bond donors (Lipinski definition) is 1. The van der Waals surface area contributed by atoms with Crippen molar-refractivity contribution >= 4 is 17.6 Å². The molecular weight excluding hydrogens is 148 g/mol. The Kier molecular flexibility index (Phi) is 1.34. The Labute approximate surface area is 62.9 Å². The molecule has 1 aliphatic rings. The fourth-order valence-corrected chi connectivity index (χ4v) is 1.98. The molecule has 0 aliphatic carbocycles. The molecule has 0 saturated carbocycles. The van der Waals surface area contributed by atoms with Crippen LogP contribution in [-0.4, -0.2) is 10.9 Å². The van der Waals surface area contributed by atoms with Crippen LogP contribution in [0.15, 0.2) is 4.52 Å². The summed E-state index contributed by atoms with van der Waals surface area (Å²) in [5, 5.41) is 3.69. The molecule has 3 nitrogen and oxygen atoms in total. The molecule has 1 aliphatic heterocycles. The highest BCUT2D eigenvalue weighted by atomic mass is 32.2. The molecule has 2 N–H and O–H groups in total. The summed E-state index contributed by atoms with van der Waals surface area (Å²) in [5.74, 6) is 3.61. The zero-order valence-electron chi connectivity index (χ0n) is 5.46. The molecule has 1 aromatic rings. The van der Waals surface area contributed by atoms with E-state index in [1.165, 1.54) is 0 Å². The molecule has 4 heteroatoms. The lowest BCUT2D eigenvalue weighted by molar-refractivity contribution is 0.396. The number of nitrogens with two attached hydrogens (primary N) is 1. The molecule has 0 spiro atoms. The second kappa shape index (κ2) is 2.20. The monoisotopic (exact) mass is 156 g/mol. The van der Waals surface area contributed by atoms with Crippen LogP contribution >= 0.6 is 11.8 Å². The maximum atomic E-state index is 5.55. The third-order valence-electron chi connectivity index (χ3n) is 1.63. The SMILES string of the molecule is Nc1noc2c1CCSC2. The summed E-state index contributed by atoms with van der Waals surface area (Å²) in [6.45, 7) is 0. The second-order valence-electron chi connectivity index (χ2n) is 2.27. The number of hydrogen-bond acceptors (Lipinski definition) is 4. The van der Waals surface area contributed by atoms with Crippen LogP contribution in [0, 0.1) is 0 Å². The number of nitrogen functional groups attached to an aromatic ring is 1. The maximum Gasteiger partial charge on any atom is 0.170 e. The summed E-state index contributed by atoms with van der Waals surface area (Å²) < 4.78 is 4.99. The van der Waals surface area contributed by atoms with Gasteiger partial charge < -0.3 is 10.3 Å². The smallest absolute Gasteiger partial charge is 0.170 e. The lowest BCUT2D eigenvalue weighted by Gasteiger charge is -2.06. The average molecular weight is 156 g/mol. The van der Waals surface area contributed by atoms with Gasteiger partial charge in [0.15, 0.2) is 11.6 Å². The summed E-state index contributed by atoms with van der Waals surface area (Å²) in [6, 6.07) is 0. The van der Waals surface area contributed by atoms with E-state index in [9.17, 15) is 0 Å². The third kappa shape index (κ3) is 0.794. The predicted octanol–water partition coefficient (Wildman–Crippen LogP) is 1.05. The van der Waals surface area contributed by atoms with Gasteiger partial charge in [0.2, 0.25) is 0 Å². The third-order valence-corrected chi connectivity index (χ3v) is 2.59. The zero-order valence-corrected chi connectivity index (χ0v) is 6.28. The summed E-state index contributed by atoms with van der Waals surface area (Å²) in [5.41, 5.74) is 6.67.